The minimum absolute atomic E-state index is 0.0281. The number of amides is 1. The fourth-order valence-electron chi connectivity index (χ4n) is 1.35. The van der Waals surface area contributed by atoms with Gasteiger partial charge in [0.2, 0.25) is 0 Å². The van der Waals surface area contributed by atoms with Gasteiger partial charge < -0.3 is 10.6 Å². The van der Waals surface area contributed by atoms with E-state index in [9.17, 15) is 4.79 Å². The third-order valence-corrected chi connectivity index (χ3v) is 2.24. The van der Waals surface area contributed by atoms with Crippen molar-refractivity contribution in [3.05, 3.63) is 42.0 Å². The van der Waals surface area contributed by atoms with Crippen LogP contribution < -0.4 is 5.73 Å². The summed E-state index contributed by atoms with van der Waals surface area (Å²) in [5.41, 5.74) is 7.84. The van der Waals surface area contributed by atoms with Gasteiger partial charge >= 0.3 is 0 Å². The summed E-state index contributed by atoms with van der Waals surface area (Å²) in [6, 6.07) is 5.35. The number of benzene rings is 1. The number of nitrogens with zero attached hydrogens (tertiary/aromatic N) is 1. The Morgan fingerprint density at radius 3 is 2.87 bits per heavy atom. The van der Waals surface area contributed by atoms with E-state index in [1.54, 1.807) is 30.2 Å². The second-order valence-corrected chi connectivity index (χ2v) is 3.55. The minimum atomic E-state index is -0.0281. The lowest BCUT2D eigenvalue weighted by molar-refractivity contribution is 0.0809. The highest BCUT2D eigenvalue weighted by molar-refractivity contribution is 5.96. The molecule has 1 rings (SSSR count). The fourth-order valence-corrected chi connectivity index (χ4v) is 1.35. The van der Waals surface area contributed by atoms with E-state index in [0.717, 1.165) is 5.56 Å². The maximum Gasteiger partial charge on any atom is 0.254 e. The zero-order valence-corrected chi connectivity index (χ0v) is 9.16. The lowest BCUT2D eigenvalue weighted by Crippen LogP contribution is -2.27. The van der Waals surface area contributed by atoms with Gasteiger partial charge in [-0.05, 0) is 24.6 Å². The average molecular weight is 204 g/mol. The molecule has 1 aromatic carbocycles. The largest absolute Gasteiger partial charge is 0.399 e. The molecule has 0 aromatic heterocycles. The van der Waals surface area contributed by atoms with Crippen LogP contribution >= 0.6 is 0 Å². The van der Waals surface area contributed by atoms with Crippen molar-refractivity contribution in [1.82, 2.24) is 4.90 Å². The highest BCUT2D eigenvalue weighted by Gasteiger charge is 2.12. The van der Waals surface area contributed by atoms with Crippen molar-refractivity contribution in [2.75, 3.05) is 19.3 Å². The molecule has 0 saturated heterocycles. The van der Waals surface area contributed by atoms with Crippen LogP contribution in [0.15, 0.2) is 30.9 Å². The molecule has 0 unspecified atom stereocenters. The lowest BCUT2D eigenvalue weighted by atomic mass is 10.1. The Labute approximate surface area is 90.2 Å². The van der Waals surface area contributed by atoms with Gasteiger partial charge in [-0.15, -0.1) is 6.58 Å². The number of aryl methyl sites for hydroxylation is 1. The number of rotatable bonds is 3. The molecule has 0 aliphatic rings. The molecule has 80 valence electrons. The van der Waals surface area contributed by atoms with Gasteiger partial charge in [-0.3, -0.25) is 4.79 Å². The maximum atomic E-state index is 11.9. The average Bonchev–Trinajstić information content (AvgIpc) is 2.21. The van der Waals surface area contributed by atoms with Crippen molar-refractivity contribution in [2.24, 2.45) is 0 Å². The molecule has 0 saturated carbocycles. The Morgan fingerprint density at radius 2 is 2.27 bits per heavy atom. The highest BCUT2D eigenvalue weighted by atomic mass is 16.2. The molecule has 0 atom stereocenters. The van der Waals surface area contributed by atoms with Crippen LogP contribution in [0.2, 0.25) is 0 Å². The third-order valence-electron chi connectivity index (χ3n) is 2.24. The smallest absolute Gasteiger partial charge is 0.254 e. The number of carbonyl (C=O) groups is 1. The first-order valence-corrected chi connectivity index (χ1v) is 4.78. The van der Waals surface area contributed by atoms with E-state index in [0.29, 0.717) is 17.8 Å². The summed E-state index contributed by atoms with van der Waals surface area (Å²) >= 11 is 0. The number of carbonyl (C=O) groups excluding carboxylic acids is 1. The van der Waals surface area contributed by atoms with Crippen LogP contribution in [0.5, 0.6) is 0 Å². The first kappa shape index (κ1) is 11.3. The normalized spacial score (nSPS) is 9.73. The van der Waals surface area contributed by atoms with Gasteiger partial charge in [0, 0.05) is 24.8 Å². The minimum Gasteiger partial charge on any atom is -0.399 e. The zero-order chi connectivity index (χ0) is 11.4. The number of likely N-dealkylation sites (N-methyl/N-ethyl adjacent to an activating group) is 1. The Hall–Kier alpha value is -1.77. The van der Waals surface area contributed by atoms with Crippen LogP contribution in [0, 0.1) is 6.92 Å². The van der Waals surface area contributed by atoms with Gasteiger partial charge in [0.15, 0.2) is 0 Å². The van der Waals surface area contributed by atoms with Crippen molar-refractivity contribution in [3.8, 4) is 0 Å². The molecule has 1 amide bonds. The van der Waals surface area contributed by atoms with E-state index < -0.39 is 0 Å². The van der Waals surface area contributed by atoms with Crippen molar-refractivity contribution < 1.29 is 4.79 Å². The summed E-state index contributed by atoms with van der Waals surface area (Å²) in [7, 11) is 1.74. The maximum absolute atomic E-state index is 11.9. The van der Waals surface area contributed by atoms with Gasteiger partial charge in [0.05, 0.1) is 0 Å². The molecular formula is C12H16N2O. The van der Waals surface area contributed by atoms with Crippen molar-refractivity contribution >= 4 is 11.6 Å². The summed E-state index contributed by atoms with van der Waals surface area (Å²) in [6.45, 7) is 6.03. The Morgan fingerprint density at radius 1 is 1.60 bits per heavy atom. The monoisotopic (exact) mass is 204 g/mol. The number of hydrogen-bond donors (Lipinski definition) is 1. The molecular weight excluding hydrogens is 188 g/mol. The summed E-state index contributed by atoms with van der Waals surface area (Å²) in [5, 5.41) is 0. The van der Waals surface area contributed by atoms with E-state index in [1.807, 2.05) is 13.0 Å². The van der Waals surface area contributed by atoms with Crippen LogP contribution in [-0.4, -0.2) is 24.4 Å². The number of hydrogen-bond acceptors (Lipinski definition) is 2. The Balaban J connectivity index is 2.99. The standard InChI is InChI=1S/C12H16N2O/c1-4-7-14(3)12(15)11-8-10(13)6-5-9(11)2/h4-6,8H,1,7,13H2,2-3H3. The lowest BCUT2D eigenvalue weighted by Gasteiger charge is -2.16. The SMILES string of the molecule is C=CCN(C)C(=O)c1cc(N)ccc1C. The molecule has 0 heterocycles. The molecule has 2 N–H and O–H groups in total. The predicted molar refractivity (Wildman–Crippen MR) is 62.7 cm³/mol. The molecule has 0 fully saturated rings. The summed E-state index contributed by atoms with van der Waals surface area (Å²) in [5.74, 6) is -0.0281. The van der Waals surface area contributed by atoms with Crippen molar-refractivity contribution in [1.29, 1.82) is 0 Å². The molecule has 0 aliphatic carbocycles. The van der Waals surface area contributed by atoms with Gasteiger partial charge in [0.25, 0.3) is 5.91 Å². The van der Waals surface area contributed by atoms with Crippen LogP contribution in [0.3, 0.4) is 0 Å². The quantitative estimate of drug-likeness (QED) is 0.603. The first-order chi connectivity index (χ1) is 7.06. The van der Waals surface area contributed by atoms with Gasteiger partial charge in [-0.1, -0.05) is 12.1 Å². The van der Waals surface area contributed by atoms with E-state index in [2.05, 4.69) is 6.58 Å². The summed E-state index contributed by atoms with van der Waals surface area (Å²) < 4.78 is 0. The van der Waals surface area contributed by atoms with Gasteiger partial charge in [-0.25, -0.2) is 0 Å². The second kappa shape index (κ2) is 4.64. The number of nitrogens with two attached hydrogens (primary N) is 1. The van der Waals surface area contributed by atoms with Crippen LogP contribution in [-0.2, 0) is 0 Å². The number of nitrogen functional groups attached to an aromatic ring is 1. The van der Waals surface area contributed by atoms with Crippen LogP contribution in [0.1, 0.15) is 15.9 Å². The topological polar surface area (TPSA) is 46.3 Å². The van der Waals surface area contributed by atoms with Crippen LogP contribution in [0.25, 0.3) is 0 Å². The number of anilines is 1. The van der Waals surface area contributed by atoms with Gasteiger partial charge in [-0.2, -0.15) is 0 Å². The molecule has 15 heavy (non-hydrogen) atoms. The predicted octanol–water partition coefficient (Wildman–Crippen LogP) is 1.84. The molecule has 3 nitrogen and oxygen atoms in total. The van der Waals surface area contributed by atoms with Crippen molar-refractivity contribution in [2.45, 2.75) is 6.92 Å². The van der Waals surface area contributed by atoms with Gasteiger partial charge in [0.1, 0.15) is 0 Å². The van der Waals surface area contributed by atoms with E-state index in [4.69, 9.17) is 5.73 Å². The third kappa shape index (κ3) is 2.59. The molecule has 0 spiro atoms. The Kier molecular flexibility index (Phi) is 3.50. The molecule has 0 bridgehead atoms. The molecule has 0 radical (unpaired) electrons. The van der Waals surface area contributed by atoms with E-state index >= 15 is 0 Å². The molecule has 3 heteroatoms. The van der Waals surface area contributed by atoms with Crippen LogP contribution in [0.4, 0.5) is 5.69 Å². The first-order valence-electron chi connectivity index (χ1n) is 4.78. The second-order valence-electron chi connectivity index (χ2n) is 3.55. The van der Waals surface area contributed by atoms with E-state index in [-0.39, 0.29) is 5.91 Å². The summed E-state index contributed by atoms with van der Waals surface area (Å²) in [4.78, 5) is 13.5. The summed E-state index contributed by atoms with van der Waals surface area (Å²) in [6.07, 6.45) is 1.69. The zero-order valence-electron chi connectivity index (χ0n) is 9.16. The molecule has 0 aliphatic heterocycles. The highest BCUT2D eigenvalue weighted by Crippen LogP contribution is 2.14. The molecule has 1 aromatic rings. The van der Waals surface area contributed by atoms with Crippen molar-refractivity contribution in [3.63, 3.8) is 0 Å². The fraction of sp³-hybridized carbons (Fsp3) is 0.250. The Bertz CT molecular complexity index is 385. The van der Waals surface area contributed by atoms with E-state index in [1.165, 1.54) is 0 Å².